The Kier molecular flexibility index (Phi) is 4.15. The number of aromatic nitrogens is 1. The molecule has 0 aliphatic carbocycles. The summed E-state index contributed by atoms with van der Waals surface area (Å²) in [5.41, 5.74) is 2.52. The molecule has 0 atom stereocenters. The smallest absolute Gasteiger partial charge is 0.103 e. The number of nitrogens with zero attached hydrogens (tertiary/aromatic N) is 3. The first-order valence-electron chi connectivity index (χ1n) is 6.37. The predicted octanol–water partition coefficient (Wildman–Crippen LogP) is 3.51. The van der Waals surface area contributed by atoms with E-state index in [9.17, 15) is 5.26 Å². The lowest BCUT2D eigenvalue weighted by molar-refractivity contribution is 0.803. The topological polar surface area (TPSA) is 39.9 Å². The number of pyridine rings is 1. The Balaban J connectivity index is 2.44. The average Bonchev–Trinajstić information content (AvgIpc) is 2.46. The Morgan fingerprint density at radius 3 is 2.95 bits per heavy atom. The molecular formula is C16H17N3. The second-order valence-electron chi connectivity index (χ2n) is 4.50. The molecule has 0 N–H and O–H groups in total. The van der Waals surface area contributed by atoms with Crippen LogP contribution in [0.15, 0.2) is 43.1 Å². The largest absolute Gasteiger partial charge is 0.373 e. The van der Waals surface area contributed by atoms with Crippen LogP contribution in [0.1, 0.15) is 18.4 Å². The lowest BCUT2D eigenvalue weighted by Crippen LogP contribution is -2.20. The van der Waals surface area contributed by atoms with Gasteiger partial charge >= 0.3 is 0 Å². The van der Waals surface area contributed by atoms with Crippen LogP contribution in [0, 0.1) is 11.3 Å². The van der Waals surface area contributed by atoms with Crippen LogP contribution < -0.4 is 4.90 Å². The number of benzene rings is 1. The molecule has 0 aliphatic heterocycles. The summed E-state index contributed by atoms with van der Waals surface area (Å²) in [7, 11) is 2.02. The van der Waals surface area contributed by atoms with Gasteiger partial charge in [0.25, 0.3) is 0 Å². The van der Waals surface area contributed by atoms with E-state index in [0.717, 1.165) is 36.0 Å². The number of nitriles is 1. The van der Waals surface area contributed by atoms with Crippen molar-refractivity contribution in [2.24, 2.45) is 0 Å². The molecule has 0 bridgehead atoms. The monoisotopic (exact) mass is 251 g/mol. The van der Waals surface area contributed by atoms with Crippen molar-refractivity contribution in [2.45, 2.75) is 12.8 Å². The number of hydrogen-bond acceptors (Lipinski definition) is 3. The van der Waals surface area contributed by atoms with Crippen molar-refractivity contribution in [2.75, 3.05) is 18.5 Å². The van der Waals surface area contributed by atoms with Gasteiger partial charge in [0.05, 0.1) is 16.8 Å². The summed E-state index contributed by atoms with van der Waals surface area (Å²) in [4.78, 5) is 6.46. The number of anilines is 1. The van der Waals surface area contributed by atoms with Gasteiger partial charge in [0.2, 0.25) is 0 Å². The Bertz CT molecular complexity index is 625. The fourth-order valence-corrected chi connectivity index (χ4v) is 2.20. The van der Waals surface area contributed by atoms with E-state index in [4.69, 9.17) is 0 Å². The maximum Gasteiger partial charge on any atom is 0.103 e. The van der Waals surface area contributed by atoms with Gasteiger partial charge < -0.3 is 4.90 Å². The number of rotatable bonds is 5. The Morgan fingerprint density at radius 1 is 1.42 bits per heavy atom. The van der Waals surface area contributed by atoms with E-state index in [1.165, 1.54) is 0 Å². The molecule has 0 amide bonds. The first-order chi connectivity index (χ1) is 9.27. The Labute approximate surface area is 113 Å². The number of unbranched alkanes of at least 4 members (excludes halogenated alkanes) is 1. The van der Waals surface area contributed by atoms with Gasteiger partial charge in [-0.25, -0.2) is 0 Å². The summed E-state index contributed by atoms with van der Waals surface area (Å²) in [6, 6.07) is 10.2. The van der Waals surface area contributed by atoms with Crippen LogP contribution in [0.5, 0.6) is 0 Å². The molecule has 96 valence electrons. The third kappa shape index (κ3) is 2.74. The number of allylic oxidation sites excluding steroid dienone is 1. The van der Waals surface area contributed by atoms with Gasteiger partial charge in [0.15, 0.2) is 0 Å². The van der Waals surface area contributed by atoms with E-state index in [0.29, 0.717) is 5.56 Å². The quantitative estimate of drug-likeness (QED) is 0.603. The van der Waals surface area contributed by atoms with E-state index in [1.807, 2.05) is 37.4 Å². The Hall–Kier alpha value is -2.34. The summed E-state index contributed by atoms with van der Waals surface area (Å²) in [6.07, 6.45) is 5.59. The molecule has 1 aromatic heterocycles. The number of para-hydroxylation sites is 1. The second kappa shape index (κ2) is 6.01. The number of fused-ring (bicyclic) bond motifs is 1. The van der Waals surface area contributed by atoms with Gasteiger partial charge in [0.1, 0.15) is 6.07 Å². The standard InChI is InChI=1S/C16H17N3/c1-3-4-7-10-19(2)16-13(11-17)12-18-15-9-6-5-8-14(15)16/h3,5-6,8-9,12H,1,4,7,10H2,2H3. The average molecular weight is 251 g/mol. The second-order valence-corrected chi connectivity index (χ2v) is 4.50. The minimum Gasteiger partial charge on any atom is -0.373 e. The third-order valence-corrected chi connectivity index (χ3v) is 3.15. The first-order valence-corrected chi connectivity index (χ1v) is 6.37. The van der Waals surface area contributed by atoms with Crippen molar-refractivity contribution in [3.8, 4) is 6.07 Å². The molecule has 1 aromatic carbocycles. The zero-order valence-electron chi connectivity index (χ0n) is 11.1. The van der Waals surface area contributed by atoms with Crippen LogP contribution in [-0.4, -0.2) is 18.6 Å². The molecule has 0 radical (unpaired) electrons. The zero-order valence-corrected chi connectivity index (χ0v) is 11.1. The van der Waals surface area contributed by atoms with Crippen LogP contribution in [-0.2, 0) is 0 Å². The fourth-order valence-electron chi connectivity index (χ4n) is 2.20. The molecule has 2 aromatic rings. The van der Waals surface area contributed by atoms with Crippen LogP contribution in [0.4, 0.5) is 5.69 Å². The van der Waals surface area contributed by atoms with E-state index in [-0.39, 0.29) is 0 Å². The van der Waals surface area contributed by atoms with Crippen molar-refractivity contribution in [1.29, 1.82) is 5.26 Å². The summed E-state index contributed by atoms with van der Waals surface area (Å²) >= 11 is 0. The molecule has 0 unspecified atom stereocenters. The fraction of sp³-hybridized carbons (Fsp3) is 0.250. The zero-order chi connectivity index (χ0) is 13.7. The summed E-state index contributed by atoms with van der Waals surface area (Å²) in [5, 5.41) is 10.3. The van der Waals surface area contributed by atoms with Crippen LogP contribution in [0.25, 0.3) is 10.9 Å². The molecular weight excluding hydrogens is 234 g/mol. The van der Waals surface area contributed by atoms with Gasteiger partial charge in [0, 0.05) is 25.2 Å². The van der Waals surface area contributed by atoms with E-state index >= 15 is 0 Å². The highest BCUT2D eigenvalue weighted by Crippen LogP contribution is 2.28. The number of hydrogen-bond donors (Lipinski definition) is 0. The minimum atomic E-state index is 0.625. The summed E-state index contributed by atoms with van der Waals surface area (Å²) < 4.78 is 0. The molecule has 19 heavy (non-hydrogen) atoms. The van der Waals surface area contributed by atoms with Gasteiger partial charge in [-0.15, -0.1) is 6.58 Å². The maximum atomic E-state index is 9.27. The molecule has 0 aliphatic rings. The SMILES string of the molecule is C=CCCCN(C)c1c(C#N)cnc2ccccc12. The lowest BCUT2D eigenvalue weighted by Gasteiger charge is -2.21. The third-order valence-electron chi connectivity index (χ3n) is 3.15. The van der Waals surface area contributed by atoms with Gasteiger partial charge in [-0.1, -0.05) is 24.3 Å². The molecule has 0 saturated carbocycles. The highest BCUT2D eigenvalue weighted by molar-refractivity contribution is 5.94. The molecule has 0 fully saturated rings. The summed E-state index contributed by atoms with van der Waals surface area (Å²) in [5.74, 6) is 0. The van der Waals surface area contributed by atoms with E-state index < -0.39 is 0 Å². The van der Waals surface area contributed by atoms with Gasteiger partial charge in [-0.3, -0.25) is 4.98 Å². The van der Waals surface area contributed by atoms with Gasteiger partial charge in [-0.05, 0) is 18.9 Å². The van der Waals surface area contributed by atoms with E-state index in [1.54, 1.807) is 6.20 Å². The Morgan fingerprint density at radius 2 is 2.21 bits per heavy atom. The maximum absolute atomic E-state index is 9.27. The van der Waals surface area contributed by atoms with Gasteiger partial charge in [-0.2, -0.15) is 5.26 Å². The molecule has 3 heteroatoms. The van der Waals surface area contributed by atoms with Crippen LogP contribution >= 0.6 is 0 Å². The molecule has 0 spiro atoms. The minimum absolute atomic E-state index is 0.625. The molecule has 1 heterocycles. The highest BCUT2D eigenvalue weighted by Gasteiger charge is 2.12. The predicted molar refractivity (Wildman–Crippen MR) is 79.2 cm³/mol. The van der Waals surface area contributed by atoms with Crippen molar-refractivity contribution in [3.05, 3.63) is 48.7 Å². The highest BCUT2D eigenvalue weighted by atomic mass is 15.1. The lowest BCUT2D eigenvalue weighted by atomic mass is 10.1. The van der Waals surface area contributed by atoms with Crippen molar-refractivity contribution < 1.29 is 0 Å². The van der Waals surface area contributed by atoms with Crippen molar-refractivity contribution in [3.63, 3.8) is 0 Å². The van der Waals surface area contributed by atoms with Crippen LogP contribution in [0.3, 0.4) is 0 Å². The molecule has 0 saturated heterocycles. The van der Waals surface area contributed by atoms with Crippen molar-refractivity contribution >= 4 is 16.6 Å². The summed E-state index contributed by atoms with van der Waals surface area (Å²) in [6.45, 7) is 4.63. The van der Waals surface area contributed by atoms with Crippen LogP contribution in [0.2, 0.25) is 0 Å². The normalized spacial score (nSPS) is 10.1. The molecule has 3 nitrogen and oxygen atoms in total. The van der Waals surface area contributed by atoms with Crippen molar-refractivity contribution in [1.82, 2.24) is 4.98 Å². The first kappa shape index (κ1) is 13.1. The van der Waals surface area contributed by atoms with E-state index in [2.05, 4.69) is 22.5 Å². The molecule has 2 rings (SSSR count).